The maximum absolute atomic E-state index is 13.7. The minimum absolute atomic E-state index is 0.0939. The van der Waals surface area contributed by atoms with Crippen LogP contribution in [-0.4, -0.2) is 27.2 Å². The van der Waals surface area contributed by atoms with Gasteiger partial charge in [0.05, 0.1) is 17.8 Å². The summed E-state index contributed by atoms with van der Waals surface area (Å²) in [6, 6.07) is 30.9. The van der Waals surface area contributed by atoms with Crippen molar-refractivity contribution < 1.29 is 13.9 Å². The Balaban J connectivity index is 1.30. The second kappa shape index (κ2) is 12.1. The van der Waals surface area contributed by atoms with E-state index in [1.807, 2.05) is 67.6 Å². The first-order chi connectivity index (χ1) is 20.9. The van der Waals surface area contributed by atoms with Gasteiger partial charge in [0.2, 0.25) is 0 Å². The molecule has 6 rings (SSSR count). The maximum atomic E-state index is 13.7. The van der Waals surface area contributed by atoms with E-state index in [9.17, 15) is 9.18 Å². The Bertz CT molecular complexity index is 1740. The largest absolute Gasteiger partial charge is 0.484 e. The summed E-state index contributed by atoms with van der Waals surface area (Å²) >= 11 is 5.90. The number of anilines is 2. The molecule has 1 amide bonds. The van der Waals surface area contributed by atoms with Crippen LogP contribution in [0.25, 0.3) is 5.69 Å². The Morgan fingerprint density at radius 1 is 0.953 bits per heavy atom. The Kier molecular flexibility index (Phi) is 7.89. The molecule has 0 bridgehead atoms. The monoisotopic (exact) mass is 591 g/mol. The molecule has 2 aromatic heterocycles. The number of rotatable bonds is 8. The molecule has 3 heterocycles. The van der Waals surface area contributed by atoms with E-state index in [1.54, 1.807) is 30.5 Å². The van der Waals surface area contributed by atoms with Crippen LogP contribution in [0.2, 0.25) is 0 Å². The molecule has 5 aromatic rings. The fourth-order valence-electron chi connectivity index (χ4n) is 5.59. The summed E-state index contributed by atoms with van der Waals surface area (Å²) in [5.74, 6) is 0.105. The minimum atomic E-state index is -0.276. The lowest BCUT2D eigenvalue weighted by molar-refractivity contribution is -0.118. The standard InChI is InChI=1S/C34H30FN5O2S/c1-22-20-29(23(2)39(22)26-15-11-24(35)12-16-26)33-32(30-10-6-7-19-36-30)38-34(43)40(33)27-17-13-25(14-18-27)37-31(41)21-42-28-8-4-3-5-9-28/h3-20,32-33H,21H2,1-2H3,(H,37,41)(H,38,43)/t32-,33-/m0/s1. The van der Waals surface area contributed by atoms with Crippen molar-refractivity contribution in [3.8, 4) is 11.4 Å². The number of thiocarbonyl (C=S) groups is 1. The molecule has 1 saturated heterocycles. The Morgan fingerprint density at radius 2 is 1.65 bits per heavy atom. The van der Waals surface area contributed by atoms with Gasteiger partial charge in [-0.1, -0.05) is 24.3 Å². The van der Waals surface area contributed by atoms with Gasteiger partial charge in [0.15, 0.2) is 11.7 Å². The lowest BCUT2D eigenvalue weighted by Gasteiger charge is -2.28. The second-order valence-corrected chi connectivity index (χ2v) is 10.7. The molecule has 1 aliphatic rings. The van der Waals surface area contributed by atoms with E-state index in [0.717, 1.165) is 34.0 Å². The predicted octanol–water partition coefficient (Wildman–Crippen LogP) is 6.82. The zero-order valence-corrected chi connectivity index (χ0v) is 24.5. The zero-order valence-electron chi connectivity index (χ0n) is 23.7. The average molecular weight is 592 g/mol. The summed E-state index contributed by atoms with van der Waals surface area (Å²) in [6.45, 7) is 4.01. The summed E-state index contributed by atoms with van der Waals surface area (Å²) in [7, 11) is 0. The van der Waals surface area contributed by atoms with E-state index >= 15 is 0 Å². The molecule has 0 unspecified atom stereocenters. The first kappa shape index (κ1) is 28.1. The number of carbonyl (C=O) groups is 1. The highest BCUT2D eigenvalue weighted by atomic mass is 32.1. The second-order valence-electron chi connectivity index (χ2n) is 10.3. The van der Waals surface area contributed by atoms with Crippen LogP contribution in [0.3, 0.4) is 0 Å². The van der Waals surface area contributed by atoms with Gasteiger partial charge >= 0.3 is 0 Å². The Morgan fingerprint density at radius 3 is 2.35 bits per heavy atom. The molecule has 43 heavy (non-hydrogen) atoms. The molecule has 1 aliphatic heterocycles. The van der Waals surface area contributed by atoms with Crippen molar-refractivity contribution in [3.63, 3.8) is 0 Å². The van der Waals surface area contributed by atoms with Crippen molar-refractivity contribution in [1.82, 2.24) is 14.9 Å². The molecule has 9 heteroatoms. The van der Waals surface area contributed by atoms with Crippen molar-refractivity contribution in [3.05, 3.63) is 138 Å². The Labute approximate surface area is 255 Å². The topological polar surface area (TPSA) is 71.4 Å². The number of hydrogen-bond donors (Lipinski definition) is 2. The molecule has 1 fully saturated rings. The third-order valence-corrected chi connectivity index (χ3v) is 7.83. The van der Waals surface area contributed by atoms with Gasteiger partial charge in [-0.05, 0) is 110 Å². The summed E-state index contributed by atoms with van der Waals surface area (Å²) in [4.78, 5) is 19.3. The third-order valence-electron chi connectivity index (χ3n) is 7.51. The number of nitrogens with zero attached hydrogens (tertiary/aromatic N) is 3. The Hall–Kier alpha value is -5.02. The van der Waals surface area contributed by atoms with Crippen molar-refractivity contribution >= 4 is 34.6 Å². The number of aromatic nitrogens is 2. The molecule has 2 N–H and O–H groups in total. The average Bonchev–Trinajstić information content (AvgIpc) is 3.52. The van der Waals surface area contributed by atoms with Crippen LogP contribution in [0.4, 0.5) is 15.8 Å². The third kappa shape index (κ3) is 5.85. The zero-order chi connectivity index (χ0) is 29.9. The normalized spacial score (nSPS) is 16.2. The van der Waals surface area contributed by atoms with Gasteiger partial charge in [0.1, 0.15) is 11.6 Å². The SMILES string of the molecule is Cc1cc([C@H]2[C@H](c3ccccn3)NC(=S)N2c2ccc(NC(=O)COc3ccccc3)cc2)c(C)n1-c1ccc(F)cc1. The van der Waals surface area contributed by atoms with Gasteiger partial charge in [-0.2, -0.15) is 0 Å². The van der Waals surface area contributed by atoms with Gasteiger partial charge in [0, 0.05) is 34.6 Å². The van der Waals surface area contributed by atoms with Gasteiger partial charge in [0.25, 0.3) is 5.91 Å². The highest BCUT2D eigenvalue weighted by Crippen LogP contribution is 2.44. The quantitative estimate of drug-likeness (QED) is 0.193. The van der Waals surface area contributed by atoms with E-state index in [4.69, 9.17) is 17.0 Å². The molecule has 7 nitrogen and oxygen atoms in total. The van der Waals surface area contributed by atoms with Crippen LogP contribution in [0, 0.1) is 19.7 Å². The van der Waals surface area contributed by atoms with Crippen LogP contribution in [-0.2, 0) is 4.79 Å². The lowest BCUT2D eigenvalue weighted by atomic mass is 9.96. The number of aryl methyl sites for hydroxylation is 1. The van der Waals surface area contributed by atoms with Crippen LogP contribution < -0.4 is 20.3 Å². The van der Waals surface area contributed by atoms with Gasteiger partial charge < -0.3 is 24.8 Å². The van der Waals surface area contributed by atoms with Gasteiger partial charge in [-0.3, -0.25) is 9.78 Å². The molecule has 0 spiro atoms. The van der Waals surface area contributed by atoms with Gasteiger partial charge in [-0.25, -0.2) is 4.39 Å². The van der Waals surface area contributed by atoms with Crippen molar-refractivity contribution in [2.75, 3.05) is 16.8 Å². The van der Waals surface area contributed by atoms with Crippen LogP contribution in [0.1, 0.15) is 34.7 Å². The van der Waals surface area contributed by atoms with E-state index in [1.165, 1.54) is 12.1 Å². The lowest BCUT2D eigenvalue weighted by Crippen LogP contribution is -2.29. The van der Waals surface area contributed by atoms with Crippen LogP contribution >= 0.6 is 12.2 Å². The number of pyridine rings is 1. The summed E-state index contributed by atoms with van der Waals surface area (Å²) in [5, 5.41) is 6.96. The minimum Gasteiger partial charge on any atom is -0.484 e. The number of ether oxygens (including phenoxy) is 1. The maximum Gasteiger partial charge on any atom is 0.262 e. The first-order valence-corrected chi connectivity index (χ1v) is 14.3. The van der Waals surface area contributed by atoms with Crippen LogP contribution in [0.15, 0.2) is 109 Å². The number of halogens is 1. The number of amides is 1. The summed E-state index contributed by atoms with van der Waals surface area (Å²) in [6.07, 6.45) is 1.78. The summed E-state index contributed by atoms with van der Waals surface area (Å²) in [5.41, 5.74) is 6.38. The highest BCUT2D eigenvalue weighted by molar-refractivity contribution is 7.80. The smallest absolute Gasteiger partial charge is 0.262 e. The molecular formula is C34H30FN5O2S. The molecule has 216 valence electrons. The van der Waals surface area contributed by atoms with Crippen molar-refractivity contribution in [1.29, 1.82) is 0 Å². The van der Waals surface area contributed by atoms with E-state index < -0.39 is 0 Å². The molecule has 0 aliphatic carbocycles. The number of hydrogen-bond acceptors (Lipinski definition) is 4. The fraction of sp³-hybridized carbons (Fsp3) is 0.147. The summed E-state index contributed by atoms with van der Waals surface area (Å²) < 4.78 is 21.4. The van der Waals surface area contributed by atoms with Gasteiger partial charge in [-0.15, -0.1) is 0 Å². The first-order valence-electron chi connectivity index (χ1n) is 13.9. The van der Waals surface area contributed by atoms with Crippen LogP contribution in [0.5, 0.6) is 5.75 Å². The number of nitrogens with one attached hydrogen (secondary N) is 2. The number of carbonyl (C=O) groups excluding carboxylic acids is 1. The molecular weight excluding hydrogens is 561 g/mol. The van der Waals surface area contributed by atoms with Crippen molar-refractivity contribution in [2.24, 2.45) is 0 Å². The van der Waals surface area contributed by atoms with E-state index in [0.29, 0.717) is 16.5 Å². The molecule has 2 atom stereocenters. The fourth-order valence-corrected chi connectivity index (χ4v) is 5.94. The predicted molar refractivity (Wildman–Crippen MR) is 170 cm³/mol. The number of benzene rings is 3. The molecule has 0 radical (unpaired) electrons. The number of para-hydroxylation sites is 1. The highest BCUT2D eigenvalue weighted by Gasteiger charge is 2.42. The van der Waals surface area contributed by atoms with E-state index in [2.05, 4.69) is 38.1 Å². The molecule has 0 saturated carbocycles. The molecule has 3 aromatic carbocycles. The van der Waals surface area contributed by atoms with E-state index in [-0.39, 0.29) is 30.4 Å². The van der Waals surface area contributed by atoms with Crippen molar-refractivity contribution in [2.45, 2.75) is 25.9 Å².